The monoisotopic (exact) mass is 590 g/mol. The Morgan fingerprint density at radius 3 is 2.05 bits per heavy atom. The Morgan fingerprint density at radius 2 is 1.44 bits per heavy atom. The molecule has 0 atom stereocenters. The summed E-state index contributed by atoms with van der Waals surface area (Å²) in [5, 5.41) is 0. The summed E-state index contributed by atoms with van der Waals surface area (Å²) in [6, 6.07) is 16.4. The van der Waals surface area contributed by atoms with Gasteiger partial charge in [0, 0.05) is 64.8 Å². The number of ether oxygens (including phenoxy) is 2. The third kappa shape index (κ3) is 8.19. The van der Waals surface area contributed by atoms with E-state index in [-0.39, 0.29) is 24.1 Å². The molecule has 0 saturated carbocycles. The molecule has 2 aliphatic heterocycles. The summed E-state index contributed by atoms with van der Waals surface area (Å²) in [5.74, 6) is 0.299. The van der Waals surface area contributed by atoms with Crippen LogP contribution in [0.2, 0.25) is 0 Å². The van der Waals surface area contributed by atoms with Crippen LogP contribution in [0.4, 0.5) is 13.2 Å². The van der Waals surface area contributed by atoms with Crippen molar-refractivity contribution in [1.82, 2.24) is 19.1 Å². The normalized spacial score (nSPS) is 18.3. The van der Waals surface area contributed by atoms with Crippen molar-refractivity contribution in [1.29, 1.82) is 0 Å². The summed E-state index contributed by atoms with van der Waals surface area (Å²) in [7, 11) is -3.83. The Hall–Kier alpha value is -3.19. The second kappa shape index (κ2) is 12.8. The van der Waals surface area contributed by atoms with Crippen LogP contribution in [-0.4, -0.2) is 79.2 Å². The standard InChI is InChI=1S/C29H33F3N4O4S/c30-29(31,32)40-26-6-8-28(9-7-26)41(37,38)36-13-10-25(11-14-36)39-27-5-1-3-23(19-27)21-34-15-17-35(18-16-34)22-24-4-2-12-33-20-24/h1-9,12,19-20,25H,10-11,13-18,21-22H2. The van der Waals surface area contributed by atoms with E-state index in [0.717, 1.165) is 69.3 Å². The molecule has 41 heavy (non-hydrogen) atoms. The van der Waals surface area contributed by atoms with Gasteiger partial charge in [-0.1, -0.05) is 18.2 Å². The van der Waals surface area contributed by atoms with Gasteiger partial charge in [0.1, 0.15) is 17.6 Å². The number of benzene rings is 2. The van der Waals surface area contributed by atoms with Crippen LogP contribution in [0.15, 0.2) is 78.0 Å². The Balaban J connectivity index is 1.08. The van der Waals surface area contributed by atoms with Gasteiger partial charge in [-0.25, -0.2) is 8.42 Å². The van der Waals surface area contributed by atoms with Crippen molar-refractivity contribution in [2.24, 2.45) is 0 Å². The number of alkyl halides is 3. The summed E-state index contributed by atoms with van der Waals surface area (Å²) in [6.45, 7) is 6.23. The van der Waals surface area contributed by atoms with Gasteiger partial charge in [-0.3, -0.25) is 14.8 Å². The average Bonchev–Trinajstić information content (AvgIpc) is 2.95. The van der Waals surface area contributed by atoms with Gasteiger partial charge < -0.3 is 9.47 Å². The van der Waals surface area contributed by atoms with Gasteiger partial charge in [0.25, 0.3) is 0 Å². The Morgan fingerprint density at radius 1 is 0.805 bits per heavy atom. The fourth-order valence-corrected chi connectivity index (χ4v) is 6.65. The maximum absolute atomic E-state index is 13.0. The molecule has 0 aliphatic carbocycles. The van der Waals surface area contributed by atoms with Crippen LogP contribution in [0.25, 0.3) is 0 Å². The molecule has 3 heterocycles. The fourth-order valence-electron chi connectivity index (χ4n) is 5.18. The lowest BCUT2D eigenvalue weighted by molar-refractivity contribution is -0.274. The molecule has 12 heteroatoms. The van der Waals surface area contributed by atoms with E-state index in [1.54, 1.807) is 6.20 Å². The number of nitrogens with zero attached hydrogens (tertiary/aromatic N) is 4. The maximum atomic E-state index is 13.0. The van der Waals surface area contributed by atoms with Gasteiger partial charge in [-0.05, 0) is 66.4 Å². The number of pyridine rings is 1. The molecule has 2 aromatic carbocycles. The number of halogens is 3. The zero-order valence-electron chi connectivity index (χ0n) is 22.5. The van der Waals surface area contributed by atoms with E-state index in [1.165, 1.54) is 15.4 Å². The summed E-state index contributed by atoms with van der Waals surface area (Å²) in [5.41, 5.74) is 2.39. The number of hydrogen-bond acceptors (Lipinski definition) is 7. The predicted octanol–water partition coefficient (Wildman–Crippen LogP) is 4.53. The summed E-state index contributed by atoms with van der Waals surface area (Å²) < 4.78 is 74.6. The first-order valence-corrected chi connectivity index (χ1v) is 15.0. The lowest BCUT2D eigenvalue weighted by atomic mass is 10.1. The molecule has 2 fully saturated rings. The van der Waals surface area contributed by atoms with Gasteiger partial charge >= 0.3 is 6.36 Å². The highest BCUT2D eigenvalue weighted by Gasteiger charge is 2.33. The van der Waals surface area contributed by atoms with E-state index in [0.29, 0.717) is 12.8 Å². The minimum absolute atomic E-state index is 0.0722. The molecule has 220 valence electrons. The van der Waals surface area contributed by atoms with Crippen LogP contribution < -0.4 is 9.47 Å². The van der Waals surface area contributed by atoms with Crippen LogP contribution >= 0.6 is 0 Å². The molecular weight excluding hydrogens is 557 g/mol. The van der Waals surface area contributed by atoms with E-state index in [1.807, 2.05) is 24.4 Å². The van der Waals surface area contributed by atoms with Crippen LogP contribution in [0.3, 0.4) is 0 Å². The quantitative estimate of drug-likeness (QED) is 0.363. The van der Waals surface area contributed by atoms with Crippen molar-refractivity contribution in [3.8, 4) is 11.5 Å². The summed E-state index contributed by atoms with van der Waals surface area (Å²) >= 11 is 0. The van der Waals surface area contributed by atoms with Crippen LogP contribution in [0.1, 0.15) is 24.0 Å². The summed E-state index contributed by atoms with van der Waals surface area (Å²) in [4.78, 5) is 9.00. The number of piperidine rings is 1. The number of piperazine rings is 1. The molecular formula is C29H33F3N4O4S. The predicted molar refractivity (Wildman–Crippen MR) is 147 cm³/mol. The molecule has 0 bridgehead atoms. The van der Waals surface area contributed by atoms with Crippen LogP contribution in [0.5, 0.6) is 11.5 Å². The smallest absolute Gasteiger partial charge is 0.490 e. The Bertz CT molecular complexity index is 1380. The van der Waals surface area contributed by atoms with Gasteiger partial charge in [-0.2, -0.15) is 4.31 Å². The van der Waals surface area contributed by atoms with Crippen molar-refractivity contribution < 1.29 is 31.1 Å². The molecule has 0 spiro atoms. The molecule has 0 N–H and O–H groups in total. The van der Waals surface area contributed by atoms with E-state index in [9.17, 15) is 21.6 Å². The van der Waals surface area contributed by atoms with Gasteiger partial charge in [0.15, 0.2) is 0 Å². The SMILES string of the molecule is O=S(=O)(c1ccc(OC(F)(F)F)cc1)N1CCC(Oc2cccc(CN3CCN(Cc4cccnc4)CC3)c2)CC1. The van der Waals surface area contributed by atoms with E-state index >= 15 is 0 Å². The molecule has 2 aliphatic rings. The Kier molecular flexibility index (Phi) is 9.12. The van der Waals surface area contributed by atoms with Crippen LogP contribution in [-0.2, 0) is 23.1 Å². The second-order valence-electron chi connectivity index (χ2n) is 10.3. The van der Waals surface area contributed by atoms with Gasteiger partial charge in [0.2, 0.25) is 10.0 Å². The highest BCUT2D eigenvalue weighted by atomic mass is 32.2. The molecule has 3 aromatic rings. The van der Waals surface area contributed by atoms with Gasteiger partial charge in [0.05, 0.1) is 4.90 Å². The number of rotatable bonds is 9. The third-order valence-corrected chi connectivity index (χ3v) is 9.21. The molecule has 1 aromatic heterocycles. The lowest BCUT2D eigenvalue weighted by Crippen LogP contribution is -2.45. The average molecular weight is 591 g/mol. The maximum Gasteiger partial charge on any atom is 0.573 e. The molecule has 0 unspecified atom stereocenters. The topological polar surface area (TPSA) is 75.2 Å². The molecule has 0 radical (unpaired) electrons. The van der Waals surface area contributed by atoms with Crippen molar-refractivity contribution in [3.63, 3.8) is 0 Å². The van der Waals surface area contributed by atoms with E-state index in [2.05, 4.69) is 37.7 Å². The Labute approximate surface area is 238 Å². The first-order chi connectivity index (χ1) is 19.6. The first-order valence-electron chi connectivity index (χ1n) is 13.6. The minimum Gasteiger partial charge on any atom is -0.490 e. The minimum atomic E-state index is -4.84. The largest absolute Gasteiger partial charge is 0.573 e. The lowest BCUT2D eigenvalue weighted by Gasteiger charge is -2.34. The highest BCUT2D eigenvalue weighted by Crippen LogP contribution is 2.28. The third-order valence-electron chi connectivity index (χ3n) is 7.30. The van der Waals surface area contributed by atoms with Crippen molar-refractivity contribution in [2.75, 3.05) is 39.3 Å². The molecule has 2 saturated heterocycles. The number of sulfonamides is 1. The van der Waals surface area contributed by atoms with Crippen LogP contribution in [0, 0.1) is 0 Å². The van der Waals surface area contributed by atoms with E-state index < -0.39 is 22.1 Å². The van der Waals surface area contributed by atoms with Gasteiger partial charge in [-0.15, -0.1) is 13.2 Å². The summed E-state index contributed by atoms with van der Waals surface area (Å²) in [6.07, 6.45) is -0.235. The first kappa shape index (κ1) is 29.3. The van der Waals surface area contributed by atoms with E-state index in [4.69, 9.17) is 4.74 Å². The van der Waals surface area contributed by atoms with Crippen molar-refractivity contribution >= 4 is 10.0 Å². The molecule has 0 amide bonds. The fraction of sp³-hybridized carbons (Fsp3) is 0.414. The van der Waals surface area contributed by atoms with Crippen molar-refractivity contribution in [3.05, 3.63) is 84.2 Å². The zero-order chi connectivity index (χ0) is 28.9. The zero-order valence-corrected chi connectivity index (χ0v) is 23.4. The second-order valence-corrected chi connectivity index (χ2v) is 12.2. The molecule has 5 rings (SSSR count). The highest BCUT2D eigenvalue weighted by molar-refractivity contribution is 7.89. The van der Waals surface area contributed by atoms with Crippen molar-refractivity contribution in [2.45, 2.75) is 43.3 Å². The number of hydrogen-bond donors (Lipinski definition) is 0. The molecule has 8 nitrogen and oxygen atoms in total. The number of aromatic nitrogens is 1.